The average molecular weight is 431 g/mol. The third-order valence-corrected chi connectivity index (χ3v) is 6.52. The molecule has 0 bridgehead atoms. The van der Waals surface area contributed by atoms with E-state index in [0.717, 1.165) is 4.47 Å². The lowest BCUT2D eigenvalue weighted by molar-refractivity contribution is -0.128. The van der Waals surface area contributed by atoms with Crippen molar-refractivity contribution in [1.82, 2.24) is 0 Å². The second-order valence-electron chi connectivity index (χ2n) is 6.04. The molecule has 0 aromatic heterocycles. The first-order chi connectivity index (χ1) is 12.5. The summed E-state index contributed by atoms with van der Waals surface area (Å²) >= 11 is 4.66. The maximum absolute atomic E-state index is 13.5. The maximum Gasteiger partial charge on any atom is 0.275 e. The first-order valence-electron chi connectivity index (χ1n) is 8.20. The van der Waals surface area contributed by atoms with Gasteiger partial charge in [0.1, 0.15) is 0 Å². The fraction of sp³-hybridized carbons (Fsp3) is 0.211. The number of carbonyl (C=O) groups is 3. The van der Waals surface area contributed by atoms with Crippen LogP contribution in [-0.2, 0) is 19.3 Å². The molecular formula is C19H15BrN2O3S. The van der Waals surface area contributed by atoms with Crippen LogP contribution < -0.4 is 9.80 Å². The Kier molecular flexibility index (Phi) is 4.16. The van der Waals surface area contributed by atoms with Gasteiger partial charge in [0.05, 0.1) is 11.4 Å². The lowest BCUT2D eigenvalue weighted by Gasteiger charge is -2.33. The minimum Gasteiger partial charge on any atom is -0.283 e. The Labute approximate surface area is 163 Å². The highest BCUT2D eigenvalue weighted by Gasteiger charge is 2.61. The summed E-state index contributed by atoms with van der Waals surface area (Å²) in [5, 5.41) is 0. The van der Waals surface area contributed by atoms with E-state index in [1.54, 1.807) is 31.2 Å². The molecule has 2 aliphatic heterocycles. The first-order valence-corrected chi connectivity index (χ1v) is 9.98. The average Bonchev–Trinajstić information content (AvgIpc) is 3.12. The zero-order chi connectivity index (χ0) is 18.5. The summed E-state index contributed by atoms with van der Waals surface area (Å²) in [6, 6.07) is 14.5. The number of amides is 3. The van der Waals surface area contributed by atoms with E-state index in [0.29, 0.717) is 16.9 Å². The number of rotatable bonds is 2. The van der Waals surface area contributed by atoms with Crippen molar-refractivity contribution in [2.45, 2.75) is 18.2 Å². The molecule has 7 heteroatoms. The van der Waals surface area contributed by atoms with E-state index in [4.69, 9.17) is 0 Å². The van der Waals surface area contributed by atoms with Gasteiger partial charge in [-0.3, -0.25) is 19.3 Å². The van der Waals surface area contributed by atoms with E-state index in [-0.39, 0.29) is 29.9 Å². The number of para-hydroxylation sites is 1. The molecule has 1 fully saturated rings. The van der Waals surface area contributed by atoms with E-state index in [1.165, 1.54) is 21.6 Å². The summed E-state index contributed by atoms with van der Waals surface area (Å²) in [6.45, 7) is 1.72. The lowest BCUT2D eigenvalue weighted by atomic mass is 10.0. The van der Waals surface area contributed by atoms with Gasteiger partial charge < -0.3 is 0 Å². The van der Waals surface area contributed by atoms with Crippen LogP contribution in [-0.4, -0.2) is 23.5 Å². The smallest absolute Gasteiger partial charge is 0.275 e. The molecule has 0 aliphatic carbocycles. The van der Waals surface area contributed by atoms with Crippen LogP contribution in [0.25, 0.3) is 0 Å². The number of hydrogen-bond donors (Lipinski definition) is 0. The van der Waals surface area contributed by atoms with E-state index >= 15 is 0 Å². The van der Waals surface area contributed by atoms with Gasteiger partial charge in [-0.15, -0.1) is 11.8 Å². The van der Waals surface area contributed by atoms with Crippen molar-refractivity contribution in [2.24, 2.45) is 0 Å². The third-order valence-electron chi connectivity index (χ3n) is 4.61. The Hall–Kier alpha value is -2.12. The van der Waals surface area contributed by atoms with Gasteiger partial charge in [-0.25, -0.2) is 4.90 Å². The molecule has 2 aromatic carbocycles. The Bertz CT molecular complexity index is 931. The third kappa shape index (κ3) is 2.27. The minimum atomic E-state index is -1.23. The number of imide groups is 1. The highest BCUT2D eigenvalue weighted by atomic mass is 79.9. The van der Waals surface area contributed by atoms with Gasteiger partial charge in [0.15, 0.2) is 0 Å². The molecule has 5 nitrogen and oxygen atoms in total. The predicted octanol–water partition coefficient (Wildman–Crippen LogP) is 3.67. The van der Waals surface area contributed by atoms with Crippen molar-refractivity contribution in [3.05, 3.63) is 58.6 Å². The summed E-state index contributed by atoms with van der Waals surface area (Å²) in [4.78, 5) is 40.2. The van der Waals surface area contributed by atoms with Gasteiger partial charge in [0.2, 0.25) is 16.7 Å². The summed E-state index contributed by atoms with van der Waals surface area (Å²) in [7, 11) is 0. The molecule has 0 unspecified atom stereocenters. The molecule has 4 rings (SSSR count). The van der Waals surface area contributed by atoms with Crippen molar-refractivity contribution >= 4 is 56.8 Å². The predicted molar refractivity (Wildman–Crippen MR) is 105 cm³/mol. The monoisotopic (exact) mass is 430 g/mol. The van der Waals surface area contributed by atoms with Crippen LogP contribution in [0.2, 0.25) is 0 Å². The zero-order valence-electron chi connectivity index (χ0n) is 13.9. The summed E-state index contributed by atoms with van der Waals surface area (Å²) in [5.74, 6) is -0.602. The van der Waals surface area contributed by atoms with E-state index < -0.39 is 4.87 Å². The van der Waals surface area contributed by atoms with E-state index in [1.807, 2.05) is 24.3 Å². The van der Waals surface area contributed by atoms with Crippen LogP contribution in [0.15, 0.2) is 53.0 Å². The molecule has 2 aromatic rings. The van der Waals surface area contributed by atoms with Gasteiger partial charge >= 0.3 is 0 Å². The van der Waals surface area contributed by atoms with Crippen LogP contribution in [0.5, 0.6) is 0 Å². The zero-order valence-corrected chi connectivity index (χ0v) is 16.3. The van der Waals surface area contributed by atoms with Crippen LogP contribution in [0.4, 0.5) is 11.4 Å². The number of thioether (sulfide) groups is 1. The molecule has 1 saturated heterocycles. The van der Waals surface area contributed by atoms with Crippen molar-refractivity contribution in [2.75, 3.05) is 15.6 Å². The molecule has 132 valence electrons. The number of fused-ring (bicyclic) bond motifs is 2. The Morgan fingerprint density at radius 3 is 2.54 bits per heavy atom. The van der Waals surface area contributed by atoms with Gasteiger partial charge in [0, 0.05) is 22.1 Å². The Balaban J connectivity index is 1.94. The molecule has 2 heterocycles. The van der Waals surface area contributed by atoms with Gasteiger partial charge in [-0.2, -0.15) is 0 Å². The molecule has 2 aliphatic rings. The highest BCUT2D eigenvalue weighted by molar-refractivity contribution is 9.10. The molecular weight excluding hydrogens is 416 g/mol. The summed E-state index contributed by atoms with van der Waals surface area (Å²) < 4.78 is 0.885. The largest absolute Gasteiger partial charge is 0.283 e. The van der Waals surface area contributed by atoms with Crippen LogP contribution in [0.1, 0.15) is 18.9 Å². The van der Waals surface area contributed by atoms with Crippen molar-refractivity contribution < 1.29 is 14.4 Å². The molecule has 3 amide bonds. The number of benzene rings is 2. The molecule has 26 heavy (non-hydrogen) atoms. The normalized spacial score (nSPS) is 21.6. The summed E-state index contributed by atoms with van der Waals surface area (Å²) in [6.07, 6.45) is 0.215. The number of nitrogens with zero attached hydrogens (tertiary/aromatic N) is 2. The molecule has 1 spiro atoms. The Morgan fingerprint density at radius 2 is 1.85 bits per heavy atom. The molecule has 0 N–H and O–H groups in total. The number of halogens is 1. The second-order valence-corrected chi connectivity index (χ2v) is 8.13. The quantitative estimate of drug-likeness (QED) is 0.729. The first kappa shape index (κ1) is 17.3. The number of carbonyl (C=O) groups excluding carboxylic acids is 3. The van der Waals surface area contributed by atoms with Gasteiger partial charge in [0.25, 0.3) is 5.91 Å². The number of anilines is 2. The SMILES string of the molecule is CCC(=O)N1C(=O)[C@@]2(SCC(=O)N2c2ccc(Br)cc2)c2ccccc21. The summed E-state index contributed by atoms with van der Waals surface area (Å²) in [5.41, 5.74) is 1.89. The van der Waals surface area contributed by atoms with Crippen molar-refractivity contribution in [3.8, 4) is 0 Å². The van der Waals surface area contributed by atoms with Gasteiger partial charge in [-0.1, -0.05) is 41.1 Å². The molecule has 1 atom stereocenters. The lowest BCUT2D eigenvalue weighted by Crippen LogP contribution is -2.50. The van der Waals surface area contributed by atoms with Crippen LogP contribution in [0.3, 0.4) is 0 Å². The highest BCUT2D eigenvalue weighted by Crippen LogP contribution is 2.55. The molecule has 0 radical (unpaired) electrons. The molecule has 0 saturated carbocycles. The van der Waals surface area contributed by atoms with Gasteiger partial charge in [-0.05, 0) is 30.3 Å². The van der Waals surface area contributed by atoms with Crippen LogP contribution in [0, 0.1) is 0 Å². The second kappa shape index (κ2) is 6.25. The fourth-order valence-corrected chi connectivity index (χ4v) is 5.08. The van der Waals surface area contributed by atoms with E-state index in [2.05, 4.69) is 15.9 Å². The minimum absolute atomic E-state index is 0.147. The standard InChI is InChI=1S/C19H15BrN2O3S/c1-2-16(23)21-15-6-4-3-5-14(15)19(18(21)25)22(17(24)11-26-19)13-9-7-12(20)8-10-13/h3-10H,2,11H2,1H3/t19-/m0/s1. The van der Waals surface area contributed by atoms with E-state index in [9.17, 15) is 14.4 Å². The maximum atomic E-state index is 13.5. The fourth-order valence-electron chi connectivity index (χ4n) is 3.48. The topological polar surface area (TPSA) is 57.7 Å². The van der Waals surface area contributed by atoms with Crippen molar-refractivity contribution in [3.63, 3.8) is 0 Å². The van der Waals surface area contributed by atoms with Crippen molar-refractivity contribution in [1.29, 1.82) is 0 Å². The number of hydrogen-bond acceptors (Lipinski definition) is 4. The van der Waals surface area contributed by atoms with Crippen LogP contribution >= 0.6 is 27.7 Å². The Morgan fingerprint density at radius 1 is 1.15 bits per heavy atom.